The molecule has 0 saturated heterocycles. The molecular formula is C40H24N4O4S2. The van der Waals surface area contributed by atoms with Crippen molar-refractivity contribution >= 4 is 129 Å². The second kappa shape index (κ2) is 9.87. The fourth-order valence-corrected chi connectivity index (χ4v) is 9.27. The van der Waals surface area contributed by atoms with E-state index < -0.39 is 0 Å². The summed E-state index contributed by atoms with van der Waals surface area (Å²) >= 11 is 3.02. The molecule has 10 heteroatoms. The molecule has 0 aliphatic carbocycles. The predicted octanol–water partition coefficient (Wildman–Crippen LogP) is 11.2. The van der Waals surface area contributed by atoms with Crippen molar-refractivity contribution in [2.24, 2.45) is 0 Å². The summed E-state index contributed by atoms with van der Waals surface area (Å²) in [5.41, 5.74) is 6.74. The Balaban J connectivity index is 1.43. The SMILES string of the molecule is CCc1cc2c(O)c(c1)c1nc3c(ccc4ccc5oc(nc5c43)c3cc(CC)cc(c3O)c3nc4c(ccc5ccc6oc2nc6c54)s3)s1. The van der Waals surface area contributed by atoms with Crippen molar-refractivity contribution < 1.29 is 19.0 Å². The van der Waals surface area contributed by atoms with Gasteiger partial charge in [0.1, 0.15) is 32.2 Å². The lowest BCUT2D eigenvalue weighted by Crippen LogP contribution is -1.84. The van der Waals surface area contributed by atoms with Gasteiger partial charge >= 0.3 is 0 Å². The Morgan fingerprint density at radius 1 is 0.520 bits per heavy atom. The van der Waals surface area contributed by atoms with E-state index in [9.17, 15) is 10.2 Å². The molecule has 11 aromatic rings. The Morgan fingerprint density at radius 3 is 1.38 bits per heavy atom. The van der Waals surface area contributed by atoms with E-state index in [1.165, 1.54) is 22.7 Å². The van der Waals surface area contributed by atoms with E-state index in [-0.39, 0.29) is 11.5 Å². The average molecular weight is 689 g/mol. The molecule has 12 bridgehead atoms. The second-order valence-electron chi connectivity index (χ2n) is 12.7. The zero-order valence-electron chi connectivity index (χ0n) is 26.7. The van der Waals surface area contributed by atoms with Gasteiger partial charge in [0.25, 0.3) is 0 Å². The Hall–Kier alpha value is -5.84. The fourth-order valence-electron chi connectivity index (χ4n) is 7.28. The summed E-state index contributed by atoms with van der Waals surface area (Å²) in [6, 6.07) is 23.9. The first kappa shape index (κ1) is 28.0. The van der Waals surface area contributed by atoms with Crippen molar-refractivity contribution in [3.05, 3.63) is 83.9 Å². The van der Waals surface area contributed by atoms with E-state index in [1.807, 2.05) is 48.5 Å². The molecule has 6 aromatic carbocycles. The quantitative estimate of drug-likeness (QED) is 0.184. The molecule has 0 unspecified atom stereocenters. The number of aromatic nitrogens is 4. The molecule has 5 aromatic heterocycles. The number of benzene rings is 6. The number of oxazole rings is 2. The van der Waals surface area contributed by atoms with Gasteiger partial charge in [-0.15, -0.1) is 22.7 Å². The van der Waals surface area contributed by atoms with Crippen molar-refractivity contribution in [1.29, 1.82) is 0 Å². The lowest BCUT2D eigenvalue weighted by molar-refractivity contribution is 0.486. The highest BCUT2D eigenvalue weighted by Crippen LogP contribution is 2.43. The largest absolute Gasteiger partial charge is 0.506 e. The minimum absolute atomic E-state index is 0.0616. The Bertz CT molecular complexity index is 2910. The first-order valence-corrected chi connectivity index (χ1v) is 18.1. The number of fused-ring (bicyclic) bond motifs is 12. The number of aryl methyl sites for hydroxylation is 2. The number of phenolic OH excluding ortho intramolecular Hbond substituents is 2. The minimum Gasteiger partial charge on any atom is -0.506 e. The summed E-state index contributed by atoms with van der Waals surface area (Å²) in [6.07, 6.45) is 1.49. The summed E-state index contributed by atoms with van der Waals surface area (Å²) in [5, 5.41) is 29.7. The Kier molecular flexibility index (Phi) is 5.54. The number of rotatable bonds is 2. The molecule has 0 radical (unpaired) electrons. The highest BCUT2D eigenvalue weighted by Gasteiger charge is 2.20. The van der Waals surface area contributed by atoms with Gasteiger partial charge < -0.3 is 19.0 Å². The molecule has 240 valence electrons. The van der Waals surface area contributed by atoms with Crippen molar-refractivity contribution in [3.8, 4) is 11.5 Å². The van der Waals surface area contributed by atoms with Crippen LogP contribution in [0.5, 0.6) is 11.5 Å². The average Bonchev–Trinajstić information content (AvgIpc) is 3.94. The lowest BCUT2D eigenvalue weighted by Gasteiger charge is -2.02. The molecule has 0 aliphatic rings. The van der Waals surface area contributed by atoms with Crippen LogP contribution in [-0.2, 0) is 12.8 Å². The number of hydrogen-bond donors (Lipinski definition) is 2. The van der Waals surface area contributed by atoms with Crippen LogP contribution in [-0.4, -0.2) is 30.1 Å². The summed E-state index contributed by atoms with van der Waals surface area (Å²) in [7, 11) is 0. The van der Waals surface area contributed by atoms with Crippen LogP contribution >= 0.6 is 22.7 Å². The van der Waals surface area contributed by atoms with E-state index in [1.54, 1.807) is 0 Å². The number of thiazole rings is 2. The van der Waals surface area contributed by atoms with Crippen LogP contribution in [0.4, 0.5) is 0 Å². The first-order valence-electron chi connectivity index (χ1n) is 16.4. The van der Waals surface area contributed by atoms with Gasteiger partial charge in [0.05, 0.1) is 42.0 Å². The smallest absolute Gasteiger partial charge is 0.231 e. The lowest BCUT2D eigenvalue weighted by atomic mass is 10.1. The molecular weight excluding hydrogens is 665 g/mol. The van der Waals surface area contributed by atoms with Crippen molar-refractivity contribution in [2.75, 3.05) is 0 Å². The third-order valence-corrected chi connectivity index (χ3v) is 12.0. The molecule has 8 nitrogen and oxygen atoms in total. The summed E-state index contributed by atoms with van der Waals surface area (Å²) < 4.78 is 14.7. The zero-order chi connectivity index (χ0) is 33.4. The van der Waals surface area contributed by atoms with Gasteiger partial charge in [0.15, 0.2) is 11.2 Å². The van der Waals surface area contributed by atoms with Crippen LogP contribution in [0.1, 0.15) is 25.0 Å². The molecule has 0 aliphatic heterocycles. The highest BCUT2D eigenvalue weighted by molar-refractivity contribution is 7.25. The Morgan fingerprint density at radius 2 is 0.940 bits per heavy atom. The topological polar surface area (TPSA) is 118 Å². The monoisotopic (exact) mass is 688 g/mol. The summed E-state index contributed by atoms with van der Waals surface area (Å²) in [4.78, 5) is 21.7. The maximum atomic E-state index is 11.9. The van der Waals surface area contributed by atoms with E-state index in [0.29, 0.717) is 64.8 Å². The molecule has 0 fully saturated rings. The summed E-state index contributed by atoms with van der Waals surface area (Å²) in [6.45, 7) is 4.17. The molecule has 2 N–H and O–H groups in total. The number of nitrogens with zero attached hydrogens (tertiary/aromatic N) is 4. The van der Waals surface area contributed by atoms with Crippen LogP contribution < -0.4 is 0 Å². The number of phenols is 2. The van der Waals surface area contributed by atoms with Crippen LogP contribution in [0.2, 0.25) is 0 Å². The molecule has 0 amide bonds. The molecule has 0 spiro atoms. The third-order valence-electron chi connectivity index (χ3n) is 9.87. The molecule has 0 saturated carbocycles. The summed E-state index contributed by atoms with van der Waals surface area (Å²) in [5.74, 6) is 0.123. The van der Waals surface area contributed by atoms with E-state index in [0.717, 1.165) is 65.9 Å². The van der Waals surface area contributed by atoms with Gasteiger partial charge in [-0.1, -0.05) is 38.1 Å². The maximum Gasteiger partial charge on any atom is 0.231 e. The van der Waals surface area contributed by atoms with Gasteiger partial charge in [-0.25, -0.2) is 19.9 Å². The standard InChI is InChI=1S/C40H24N4O4S2/c1-3-17-13-21-35(45)23(15-17)39-43-33-27(49-39)11-7-20-6-10-26-32(30(20)33)42-38(48-26)22-14-18(4-2)16-24(36(22)46)40-44-34-28(50-40)12-8-19-5-9-25-31(29(19)34)41-37(21)47-25/h5-16,45-46H,3-4H2,1-2H3. The van der Waals surface area contributed by atoms with Gasteiger partial charge in [-0.05, 0) is 83.3 Å². The predicted molar refractivity (Wildman–Crippen MR) is 204 cm³/mol. The van der Waals surface area contributed by atoms with Gasteiger partial charge in [0, 0.05) is 10.8 Å². The van der Waals surface area contributed by atoms with E-state index in [2.05, 4.69) is 38.1 Å². The van der Waals surface area contributed by atoms with E-state index in [4.69, 9.17) is 28.8 Å². The third kappa shape index (κ3) is 3.74. The van der Waals surface area contributed by atoms with Gasteiger partial charge in [0.2, 0.25) is 11.4 Å². The number of aromatic hydroxyl groups is 2. The second-order valence-corrected chi connectivity index (χ2v) is 14.8. The minimum atomic E-state index is 0.0616. The van der Waals surface area contributed by atoms with Crippen molar-refractivity contribution in [3.63, 3.8) is 0 Å². The van der Waals surface area contributed by atoms with Crippen LogP contribution in [0.15, 0.2) is 81.6 Å². The fraction of sp³-hybridized carbons (Fsp3) is 0.100. The zero-order valence-corrected chi connectivity index (χ0v) is 28.3. The van der Waals surface area contributed by atoms with Gasteiger partial charge in [-0.2, -0.15) is 0 Å². The van der Waals surface area contributed by atoms with Crippen molar-refractivity contribution in [1.82, 2.24) is 19.9 Å². The van der Waals surface area contributed by atoms with Crippen molar-refractivity contribution in [2.45, 2.75) is 26.7 Å². The molecule has 50 heavy (non-hydrogen) atoms. The van der Waals surface area contributed by atoms with Crippen LogP contribution in [0, 0.1) is 0 Å². The van der Waals surface area contributed by atoms with Crippen LogP contribution in [0.3, 0.4) is 0 Å². The normalized spacial score (nSPS) is 12.5. The van der Waals surface area contributed by atoms with E-state index >= 15 is 0 Å². The molecule has 5 heterocycles. The van der Waals surface area contributed by atoms with Gasteiger partial charge in [-0.3, -0.25) is 0 Å². The Labute approximate surface area is 289 Å². The van der Waals surface area contributed by atoms with Crippen LogP contribution in [0.25, 0.3) is 107 Å². The molecule has 11 rings (SSSR count). The number of hydrogen-bond acceptors (Lipinski definition) is 10. The first-order chi connectivity index (χ1) is 24.4. The maximum absolute atomic E-state index is 11.9. The molecule has 0 atom stereocenters. The highest BCUT2D eigenvalue weighted by atomic mass is 32.1.